The van der Waals surface area contributed by atoms with Gasteiger partial charge in [0, 0.05) is 12.8 Å². The molecule has 0 saturated carbocycles. The largest absolute Gasteiger partial charge is 0.756 e. The molecule has 0 spiro atoms. The Labute approximate surface area is 305 Å². The maximum absolute atomic E-state index is 12.6. The van der Waals surface area contributed by atoms with Crippen LogP contribution in [0.2, 0.25) is 0 Å². The summed E-state index contributed by atoms with van der Waals surface area (Å²) in [5, 5.41) is 0. The number of hydrogen-bond acceptors (Lipinski definition) is 8. The van der Waals surface area contributed by atoms with Crippen LogP contribution >= 0.6 is 7.82 Å². The summed E-state index contributed by atoms with van der Waals surface area (Å²) in [6.07, 6.45) is 36.0. The van der Waals surface area contributed by atoms with Gasteiger partial charge in [0.05, 0.1) is 27.7 Å². The molecule has 10 heteroatoms. The lowest BCUT2D eigenvalue weighted by Crippen LogP contribution is -2.37. The molecule has 0 aromatic rings. The van der Waals surface area contributed by atoms with Crippen LogP contribution in [0.3, 0.4) is 0 Å². The van der Waals surface area contributed by atoms with E-state index in [0.717, 1.165) is 25.7 Å². The molecule has 0 radical (unpaired) electrons. The zero-order valence-electron chi connectivity index (χ0n) is 32.3. The molecule has 0 rings (SSSR count). The van der Waals surface area contributed by atoms with Gasteiger partial charge in [-0.2, -0.15) is 0 Å². The molecule has 290 valence electrons. The summed E-state index contributed by atoms with van der Waals surface area (Å²) in [6.45, 7) is 4.05. The van der Waals surface area contributed by atoms with Crippen molar-refractivity contribution >= 4 is 19.8 Å². The van der Waals surface area contributed by atoms with Crippen molar-refractivity contribution in [2.45, 2.75) is 148 Å². The molecule has 0 aromatic heterocycles. The van der Waals surface area contributed by atoms with Crippen LogP contribution in [0.4, 0.5) is 0 Å². The van der Waals surface area contributed by atoms with Crippen LogP contribution in [-0.4, -0.2) is 70.0 Å². The third kappa shape index (κ3) is 35.8. The van der Waals surface area contributed by atoms with E-state index in [1.807, 2.05) is 45.4 Å². The Morgan fingerprint density at radius 1 is 0.620 bits per heavy atom. The van der Waals surface area contributed by atoms with Crippen molar-refractivity contribution in [2.75, 3.05) is 47.5 Å². The maximum Gasteiger partial charge on any atom is 0.306 e. The standard InChI is InChI=1S/C40H72NO8P/c1-6-8-10-12-14-16-18-20-22-24-26-28-30-32-39(42)46-36-38(37-48-50(44,45)47-35-34-41(3,4)5)49-40(43)33-31-29-27-25-23-21-19-17-15-13-11-9-7-2/h20-23,26-29,38H,6-19,24-25,30-37H2,1-5H3/b22-20+,23-21+,28-26+,29-27+. The Kier molecular flexibility index (Phi) is 31.5. The summed E-state index contributed by atoms with van der Waals surface area (Å²) < 4.78 is 33.6. The Hall–Kier alpha value is -2.03. The van der Waals surface area contributed by atoms with Gasteiger partial charge in [0.1, 0.15) is 19.8 Å². The number of allylic oxidation sites excluding steroid dienone is 8. The highest BCUT2D eigenvalue weighted by Gasteiger charge is 2.21. The lowest BCUT2D eigenvalue weighted by molar-refractivity contribution is -0.870. The second-order valence-electron chi connectivity index (χ2n) is 13.9. The van der Waals surface area contributed by atoms with E-state index in [1.54, 1.807) is 0 Å². The summed E-state index contributed by atoms with van der Waals surface area (Å²) in [5.41, 5.74) is 0. The number of quaternary nitrogens is 1. The van der Waals surface area contributed by atoms with Crippen molar-refractivity contribution in [3.05, 3.63) is 48.6 Å². The fraction of sp³-hybridized carbons (Fsp3) is 0.750. The first-order valence-electron chi connectivity index (χ1n) is 19.3. The van der Waals surface area contributed by atoms with Crippen molar-refractivity contribution in [1.29, 1.82) is 0 Å². The Morgan fingerprint density at radius 2 is 1.08 bits per heavy atom. The SMILES string of the molecule is CCCCCCCC/C=C/C/C=C/CCC(=O)OCC(COP(=O)([O-])OCC[N+](C)(C)C)OC(=O)CC/C=C/C/C=C/CCCCCCCC. The van der Waals surface area contributed by atoms with Gasteiger partial charge >= 0.3 is 11.9 Å². The minimum atomic E-state index is -4.64. The molecule has 0 fully saturated rings. The van der Waals surface area contributed by atoms with Gasteiger partial charge in [0.2, 0.25) is 0 Å². The van der Waals surface area contributed by atoms with Crippen molar-refractivity contribution in [3.8, 4) is 0 Å². The number of likely N-dealkylation sites (N-methyl/N-ethyl adjacent to an activating group) is 1. The van der Waals surface area contributed by atoms with E-state index >= 15 is 0 Å². The monoisotopic (exact) mass is 725 g/mol. The molecule has 0 N–H and O–H groups in total. The van der Waals surface area contributed by atoms with Crippen LogP contribution in [0.5, 0.6) is 0 Å². The summed E-state index contributed by atoms with van der Waals surface area (Å²) >= 11 is 0. The van der Waals surface area contributed by atoms with E-state index in [1.165, 1.54) is 77.0 Å². The van der Waals surface area contributed by atoms with Gasteiger partial charge in [0.25, 0.3) is 7.82 Å². The third-order valence-corrected chi connectivity index (χ3v) is 8.81. The number of esters is 2. The summed E-state index contributed by atoms with van der Waals surface area (Å²) in [5.74, 6) is -0.997. The lowest BCUT2D eigenvalue weighted by atomic mass is 10.1. The molecule has 0 amide bonds. The summed E-state index contributed by atoms with van der Waals surface area (Å²) in [4.78, 5) is 37.2. The summed E-state index contributed by atoms with van der Waals surface area (Å²) in [6, 6.07) is 0. The number of phosphoric acid groups is 1. The first kappa shape index (κ1) is 48.0. The van der Waals surface area contributed by atoms with Crippen LogP contribution in [0.1, 0.15) is 142 Å². The highest BCUT2D eigenvalue weighted by atomic mass is 31.2. The second kappa shape index (κ2) is 32.8. The molecule has 0 aliphatic carbocycles. The predicted molar refractivity (Wildman–Crippen MR) is 203 cm³/mol. The molecule has 2 unspecified atom stereocenters. The van der Waals surface area contributed by atoms with Crippen LogP contribution in [0.25, 0.3) is 0 Å². The smallest absolute Gasteiger partial charge is 0.306 e. The first-order valence-corrected chi connectivity index (χ1v) is 20.8. The Balaban J connectivity index is 4.61. The molecule has 0 aliphatic heterocycles. The number of phosphoric ester groups is 1. The maximum atomic E-state index is 12.6. The van der Waals surface area contributed by atoms with Crippen molar-refractivity contribution < 1.29 is 42.1 Å². The number of unbranched alkanes of at least 4 members (excludes halogenated alkanes) is 12. The zero-order valence-corrected chi connectivity index (χ0v) is 33.2. The number of rotatable bonds is 34. The van der Waals surface area contributed by atoms with Crippen LogP contribution in [0.15, 0.2) is 48.6 Å². The average molecular weight is 726 g/mol. The molecule has 50 heavy (non-hydrogen) atoms. The van der Waals surface area contributed by atoms with E-state index in [4.69, 9.17) is 18.5 Å². The number of hydrogen-bond donors (Lipinski definition) is 0. The molecule has 9 nitrogen and oxygen atoms in total. The third-order valence-electron chi connectivity index (χ3n) is 7.85. The fourth-order valence-corrected chi connectivity index (χ4v) is 5.49. The van der Waals surface area contributed by atoms with Crippen molar-refractivity contribution in [2.24, 2.45) is 0 Å². The lowest BCUT2D eigenvalue weighted by Gasteiger charge is -2.28. The second-order valence-corrected chi connectivity index (χ2v) is 15.3. The molecule has 2 atom stereocenters. The molecule has 0 aliphatic rings. The molecular formula is C40H72NO8P. The van der Waals surface area contributed by atoms with Crippen LogP contribution < -0.4 is 4.89 Å². The van der Waals surface area contributed by atoms with Gasteiger partial charge in [-0.25, -0.2) is 0 Å². The predicted octanol–water partition coefficient (Wildman–Crippen LogP) is 9.72. The van der Waals surface area contributed by atoms with E-state index in [9.17, 15) is 19.0 Å². The van der Waals surface area contributed by atoms with Gasteiger partial charge in [-0.3, -0.25) is 14.2 Å². The minimum absolute atomic E-state index is 0.0489. The number of carbonyl (C=O) groups excluding carboxylic acids is 2. The molecule has 0 aromatic carbocycles. The highest BCUT2D eigenvalue weighted by Crippen LogP contribution is 2.38. The molecule has 0 bridgehead atoms. The normalized spacial score (nSPS) is 14.3. The Bertz CT molecular complexity index is 1000. The number of carbonyl (C=O) groups is 2. The zero-order chi connectivity index (χ0) is 37.2. The van der Waals surface area contributed by atoms with Crippen LogP contribution in [-0.2, 0) is 32.7 Å². The van der Waals surface area contributed by atoms with Gasteiger partial charge in [-0.05, 0) is 51.4 Å². The fourth-order valence-electron chi connectivity index (χ4n) is 4.76. The van der Waals surface area contributed by atoms with E-state index in [-0.39, 0.29) is 26.1 Å². The van der Waals surface area contributed by atoms with Crippen molar-refractivity contribution in [1.82, 2.24) is 0 Å². The van der Waals surface area contributed by atoms with Crippen molar-refractivity contribution in [3.63, 3.8) is 0 Å². The topological polar surface area (TPSA) is 111 Å². The van der Waals surface area contributed by atoms with E-state index in [2.05, 4.69) is 38.2 Å². The minimum Gasteiger partial charge on any atom is -0.756 e. The molecule has 0 heterocycles. The first-order chi connectivity index (χ1) is 24.0. The molecular weight excluding hydrogens is 653 g/mol. The van der Waals surface area contributed by atoms with E-state index < -0.39 is 32.5 Å². The van der Waals surface area contributed by atoms with Gasteiger partial charge in [-0.15, -0.1) is 0 Å². The van der Waals surface area contributed by atoms with Crippen LogP contribution in [0, 0.1) is 0 Å². The quantitative estimate of drug-likeness (QED) is 0.0212. The molecule has 0 saturated heterocycles. The highest BCUT2D eigenvalue weighted by molar-refractivity contribution is 7.45. The Morgan fingerprint density at radius 3 is 1.58 bits per heavy atom. The van der Waals surface area contributed by atoms with Gasteiger partial charge in [0.15, 0.2) is 6.10 Å². The number of ether oxygens (including phenoxy) is 2. The van der Waals surface area contributed by atoms with Gasteiger partial charge < -0.3 is 27.9 Å². The average Bonchev–Trinajstić information content (AvgIpc) is 3.06. The summed E-state index contributed by atoms with van der Waals surface area (Å²) in [7, 11) is 1.10. The van der Waals surface area contributed by atoms with Gasteiger partial charge in [-0.1, -0.05) is 127 Å². The number of nitrogens with zero attached hydrogens (tertiary/aromatic N) is 1. The van der Waals surface area contributed by atoms with E-state index in [0.29, 0.717) is 23.9 Å².